The van der Waals surface area contributed by atoms with E-state index in [4.69, 9.17) is 11.6 Å². The van der Waals surface area contributed by atoms with E-state index >= 15 is 0 Å². The number of thioether (sulfide) groups is 2. The van der Waals surface area contributed by atoms with Crippen molar-refractivity contribution >= 4 is 46.7 Å². The van der Waals surface area contributed by atoms with E-state index in [9.17, 15) is 4.79 Å². The van der Waals surface area contributed by atoms with E-state index in [0.717, 1.165) is 22.9 Å². The van der Waals surface area contributed by atoms with Crippen molar-refractivity contribution in [2.75, 3.05) is 22.6 Å². The van der Waals surface area contributed by atoms with Crippen molar-refractivity contribution in [1.29, 1.82) is 0 Å². The van der Waals surface area contributed by atoms with E-state index in [1.54, 1.807) is 34.9 Å². The number of hydrogen-bond acceptors (Lipinski definition) is 5. The first-order valence-corrected chi connectivity index (χ1v) is 8.97. The Labute approximate surface area is 135 Å². The fraction of sp³-hybridized carbons (Fsp3) is 0.308. The molecular weight excluding hydrogens is 328 g/mol. The van der Waals surface area contributed by atoms with Crippen molar-refractivity contribution < 1.29 is 4.79 Å². The Balaban J connectivity index is 1.84. The SMILES string of the molecule is O=C(Nc1cc(Cl)ccc1-n1cncn1)C1CSCCS1. The smallest absolute Gasteiger partial charge is 0.238 e. The third kappa shape index (κ3) is 3.53. The van der Waals surface area contributed by atoms with E-state index in [1.165, 1.54) is 6.33 Å². The van der Waals surface area contributed by atoms with Gasteiger partial charge in [-0.3, -0.25) is 4.79 Å². The van der Waals surface area contributed by atoms with Gasteiger partial charge in [-0.15, -0.1) is 11.8 Å². The normalized spacial score (nSPS) is 18.4. The van der Waals surface area contributed by atoms with Gasteiger partial charge in [-0.2, -0.15) is 16.9 Å². The Morgan fingerprint density at radius 2 is 2.33 bits per heavy atom. The molecule has 8 heteroatoms. The lowest BCUT2D eigenvalue weighted by Crippen LogP contribution is -2.30. The zero-order chi connectivity index (χ0) is 14.7. The summed E-state index contributed by atoms with van der Waals surface area (Å²) in [7, 11) is 0. The highest BCUT2D eigenvalue weighted by Gasteiger charge is 2.23. The Morgan fingerprint density at radius 3 is 3.05 bits per heavy atom. The molecule has 1 amide bonds. The maximum atomic E-state index is 12.4. The molecule has 1 N–H and O–H groups in total. The molecule has 1 aromatic carbocycles. The van der Waals surface area contributed by atoms with Gasteiger partial charge in [0.15, 0.2) is 0 Å². The van der Waals surface area contributed by atoms with Crippen LogP contribution in [0, 0.1) is 0 Å². The topological polar surface area (TPSA) is 59.8 Å². The molecular formula is C13H13ClN4OS2. The second-order valence-electron chi connectivity index (χ2n) is 4.43. The maximum absolute atomic E-state index is 12.4. The molecule has 21 heavy (non-hydrogen) atoms. The number of aromatic nitrogens is 3. The molecule has 2 heterocycles. The minimum atomic E-state index is -0.0219. The molecule has 1 unspecified atom stereocenters. The lowest BCUT2D eigenvalue weighted by Gasteiger charge is -2.21. The predicted molar refractivity (Wildman–Crippen MR) is 88.6 cm³/mol. The second kappa shape index (κ2) is 6.72. The molecule has 0 saturated carbocycles. The summed E-state index contributed by atoms with van der Waals surface area (Å²) in [5.74, 6) is 2.97. The van der Waals surface area contributed by atoms with Crippen LogP contribution in [0.1, 0.15) is 0 Å². The lowest BCUT2D eigenvalue weighted by molar-refractivity contribution is -0.115. The first-order chi connectivity index (χ1) is 10.2. The van der Waals surface area contributed by atoms with Crippen molar-refractivity contribution in [2.24, 2.45) is 0 Å². The summed E-state index contributed by atoms with van der Waals surface area (Å²) in [5.41, 5.74) is 1.40. The van der Waals surface area contributed by atoms with E-state index in [1.807, 2.05) is 17.8 Å². The van der Waals surface area contributed by atoms with E-state index in [0.29, 0.717) is 10.7 Å². The molecule has 0 bridgehead atoms. The molecule has 0 spiro atoms. The number of carbonyl (C=O) groups excluding carboxylic acids is 1. The number of nitrogens with one attached hydrogen (secondary N) is 1. The molecule has 0 radical (unpaired) electrons. The van der Waals surface area contributed by atoms with Crippen molar-refractivity contribution in [3.8, 4) is 5.69 Å². The number of carbonyl (C=O) groups is 1. The summed E-state index contributed by atoms with van der Waals surface area (Å²) in [6.45, 7) is 0. The number of hydrogen-bond donors (Lipinski definition) is 1. The molecule has 3 rings (SSSR count). The highest BCUT2D eigenvalue weighted by molar-refractivity contribution is 8.07. The van der Waals surface area contributed by atoms with Gasteiger partial charge in [0.05, 0.1) is 16.6 Å². The van der Waals surface area contributed by atoms with Gasteiger partial charge in [-0.25, -0.2) is 9.67 Å². The van der Waals surface area contributed by atoms with Gasteiger partial charge in [0.25, 0.3) is 0 Å². The molecule has 1 saturated heterocycles. The summed E-state index contributed by atoms with van der Waals surface area (Å²) in [4.78, 5) is 16.3. The minimum absolute atomic E-state index is 0.0100. The highest BCUT2D eigenvalue weighted by atomic mass is 35.5. The van der Waals surface area contributed by atoms with Crippen molar-refractivity contribution in [1.82, 2.24) is 14.8 Å². The molecule has 1 aromatic heterocycles. The summed E-state index contributed by atoms with van der Waals surface area (Å²) >= 11 is 9.55. The third-order valence-electron chi connectivity index (χ3n) is 2.99. The Hall–Kier alpha value is -1.18. The molecule has 0 aliphatic carbocycles. The van der Waals surface area contributed by atoms with Gasteiger partial charge in [-0.1, -0.05) is 11.6 Å². The van der Waals surface area contributed by atoms with Gasteiger partial charge in [0.2, 0.25) is 5.91 Å². The van der Waals surface area contributed by atoms with E-state index in [-0.39, 0.29) is 11.2 Å². The Bertz CT molecular complexity index is 629. The quantitative estimate of drug-likeness (QED) is 0.931. The number of amides is 1. The van der Waals surface area contributed by atoms with Crippen LogP contribution in [0.2, 0.25) is 5.02 Å². The van der Waals surface area contributed by atoms with Crippen molar-refractivity contribution in [2.45, 2.75) is 5.25 Å². The van der Waals surface area contributed by atoms with Crippen LogP contribution in [0.4, 0.5) is 5.69 Å². The number of anilines is 1. The minimum Gasteiger partial charge on any atom is -0.323 e. The first kappa shape index (κ1) is 14.7. The first-order valence-electron chi connectivity index (χ1n) is 6.39. The largest absolute Gasteiger partial charge is 0.323 e. The zero-order valence-electron chi connectivity index (χ0n) is 11.0. The molecule has 1 aliphatic heterocycles. The maximum Gasteiger partial charge on any atom is 0.238 e. The van der Waals surface area contributed by atoms with Crippen molar-refractivity contribution in [3.05, 3.63) is 35.9 Å². The molecule has 110 valence electrons. The zero-order valence-corrected chi connectivity index (χ0v) is 13.4. The number of halogens is 1. The summed E-state index contributed by atoms with van der Waals surface area (Å²) in [6, 6.07) is 5.31. The van der Waals surface area contributed by atoms with Crippen LogP contribution in [-0.4, -0.2) is 43.2 Å². The van der Waals surface area contributed by atoms with Gasteiger partial charge in [0.1, 0.15) is 12.7 Å². The number of benzene rings is 1. The number of rotatable bonds is 3. The number of nitrogens with zero attached hydrogens (tertiary/aromatic N) is 3. The molecule has 1 fully saturated rings. The fourth-order valence-corrected chi connectivity index (χ4v) is 4.72. The average molecular weight is 341 g/mol. The Morgan fingerprint density at radius 1 is 1.43 bits per heavy atom. The third-order valence-corrected chi connectivity index (χ3v) is 5.98. The summed E-state index contributed by atoms with van der Waals surface area (Å²) in [5, 5.41) is 7.61. The van der Waals surface area contributed by atoms with Crippen molar-refractivity contribution in [3.63, 3.8) is 0 Å². The van der Waals surface area contributed by atoms with Crippen LogP contribution < -0.4 is 5.32 Å². The summed E-state index contributed by atoms with van der Waals surface area (Å²) < 4.78 is 1.61. The Kier molecular flexibility index (Phi) is 4.72. The molecule has 5 nitrogen and oxygen atoms in total. The lowest BCUT2D eigenvalue weighted by atomic mass is 10.2. The average Bonchev–Trinajstić information content (AvgIpc) is 3.02. The standard InChI is InChI=1S/C13H13ClN4OS2/c14-9-1-2-11(18-8-15-7-16-18)10(5-9)17-13(19)12-6-20-3-4-21-12/h1-2,5,7-8,12H,3-4,6H2,(H,17,19). The van der Waals surface area contributed by atoms with Crippen LogP contribution >= 0.6 is 35.1 Å². The fourth-order valence-electron chi connectivity index (χ4n) is 1.99. The molecule has 1 aliphatic rings. The summed E-state index contributed by atoms with van der Waals surface area (Å²) in [6.07, 6.45) is 3.04. The van der Waals surface area contributed by atoms with Crippen LogP contribution in [0.5, 0.6) is 0 Å². The van der Waals surface area contributed by atoms with Gasteiger partial charge < -0.3 is 5.32 Å². The van der Waals surface area contributed by atoms with Crippen LogP contribution in [0.25, 0.3) is 5.69 Å². The molecule has 1 atom stereocenters. The van der Waals surface area contributed by atoms with Gasteiger partial charge in [0, 0.05) is 22.3 Å². The predicted octanol–water partition coefficient (Wildman–Crippen LogP) is 2.71. The van der Waals surface area contributed by atoms with E-state index < -0.39 is 0 Å². The van der Waals surface area contributed by atoms with Gasteiger partial charge >= 0.3 is 0 Å². The van der Waals surface area contributed by atoms with Crippen LogP contribution in [0.3, 0.4) is 0 Å². The van der Waals surface area contributed by atoms with Crippen LogP contribution in [-0.2, 0) is 4.79 Å². The van der Waals surface area contributed by atoms with Gasteiger partial charge in [-0.05, 0) is 18.2 Å². The van der Waals surface area contributed by atoms with E-state index in [2.05, 4.69) is 15.4 Å². The molecule has 2 aromatic rings. The highest BCUT2D eigenvalue weighted by Crippen LogP contribution is 2.28. The van der Waals surface area contributed by atoms with Crippen LogP contribution in [0.15, 0.2) is 30.9 Å². The second-order valence-corrected chi connectivity index (χ2v) is 7.32. The monoisotopic (exact) mass is 340 g/mol.